The van der Waals surface area contributed by atoms with Crippen LogP contribution in [-0.2, 0) is 0 Å². The maximum Gasteiger partial charge on any atom is 0.267 e. The van der Waals surface area contributed by atoms with Crippen LogP contribution in [0.15, 0.2) is 12.3 Å². The minimum atomic E-state index is -2.77. The summed E-state index contributed by atoms with van der Waals surface area (Å²) in [5, 5.41) is 0. The van der Waals surface area contributed by atoms with Crippen LogP contribution in [0.1, 0.15) is 45.2 Å². The zero-order chi connectivity index (χ0) is 13.5. The van der Waals surface area contributed by atoms with E-state index in [9.17, 15) is 18.4 Å². The Hall–Kier alpha value is -2.05. The Balaban J connectivity index is 2.49. The van der Waals surface area contributed by atoms with Crippen LogP contribution in [-0.4, -0.2) is 22.7 Å². The highest BCUT2D eigenvalue weighted by Gasteiger charge is 2.48. The summed E-state index contributed by atoms with van der Waals surface area (Å²) in [6.45, 7) is 0. The number of carbonyl (C=O) groups excluding carboxylic acids is 2. The maximum atomic E-state index is 12.9. The Morgan fingerprint density at radius 3 is 2.33 bits per heavy atom. The van der Waals surface area contributed by atoms with E-state index in [1.807, 2.05) is 0 Å². The summed E-state index contributed by atoms with van der Waals surface area (Å²) >= 11 is 0. The molecule has 2 rings (SSSR count). The molecule has 96 valence electrons. The third-order valence-corrected chi connectivity index (χ3v) is 2.99. The van der Waals surface area contributed by atoms with Gasteiger partial charge >= 0.3 is 0 Å². The lowest BCUT2D eigenvalue weighted by Crippen LogP contribution is -2.36. The quantitative estimate of drug-likeness (QED) is 0.835. The Labute approximate surface area is 101 Å². The number of halogens is 2. The molecule has 0 saturated heterocycles. The molecule has 1 aliphatic carbocycles. The summed E-state index contributed by atoms with van der Waals surface area (Å²) in [7, 11) is 0. The summed E-state index contributed by atoms with van der Waals surface area (Å²) in [4.78, 5) is 26.2. The lowest BCUT2D eigenvalue weighted by Gasteiger charge is -2.36. The number of nitrogens with two attached hydrogens (primary N) is 2. The number of carbonyl (C=O) groups is 2. The summed E-state index contributed by atoms with van der Waals surface area (Å²) < 4.78 is 25.8. The Morgan fingerprint density at radius 1 is 1.28 bits per heavy atom. The molecule has 0 atom stereocenters. The first-order chi connectivity index (χ1) is 8.32. The van der Waals surface area contributed by atoms with Gasteiger partial charge in [0.25, 0.3) is 5.91 Å². The van der Waals surface area contributed by atoms with Gasteiger partial charge in [0, 0.05) is 24.6 Å². The number of hydrogen-bond donors (Lipinski definition) is 2. The highest BCUT2D eigenvalue weighted by Crippen LogP contribution is 2.49. The SMILES string of the molecule is NC(=O)c1ccnc(C(N)=O)c1C1CC(F)(F)C1. The number of amides is 2. The molecule has 0 unspecified atom stereocenters. The highest BCUT2D eigenvalue weighted by atomic mass is 19.3. The lowest BCUT2D eigenvalue weighted by molar-refractivity contribution is -0.0870. The van der Waals surface area contributed by atoms with Crippen molar-refractivity contribution in [1.82, 2.24) is 4.98 Å². The molecule has 1 heterocycles. The molecule has 1 aromatic heterocycles. The monoisotopic (exact) mass is 255 g/mol. The molecule has 1 aromatic rings. The van der Waals surface area contributed by atoms with E-state index in [0.29, 0.717) is 0 Å². The van der Waals surface area contributed by atoms with Crippen LogP contribution >= 0.6 is 0 Å². The number of hydrogen-bond acceptors (Lipinski definition) is 3. The van der Waals surface area contributed by atoms with Crippen molar-refractivity contribution in [2.24, 2.45) is 11.5 Å². The molecule has 0 aliphatic heterocycles. The van der Waals surface area contributed by atoms with Crippen LogP contribution in [0.2, 0.25) is 0 Å². The number of alkyl halides is 2. The van der Waals surface area contributed by atoms with Crippen LogP contribution in [0.4, 0.5) is 8.78 Å². The van der Waals surface area contributed by atoms with E-state index < -0.39 is 36.5 Å². The van der Waals surface area contributed by atoms with Crippen LogP contribution in [0, 0.1) is 0 Å². The van der Waals surface area contributed by atoms with E-state index in [-0.39, 0.29) is 16.8 Å². The predicted octanol–water partition coefficient (Wildman–Crippen LogP) is 0.792. The molecule has 18 heavy (non-hydrogen) atoms. The maximum absolute atomic E-state index is 12.9. The van der Waals surface area contributed by atoms with Crippen LogP contribution in [0.5, 0.6) is 0 Å². The van der Waals surface area contributed by atoms with E-state index in [1.165, 1.54) is 12.3 Å². The molecule has 0 radical (unpaired) electrons. The average Bonchev–Trinajstić information content (AvgIpc) is 2.24. The second-order valence-electron chi connectivity index (χ2n) is 4.31. The van der Waals surface area contributed by atoms with Crippen molar-refractivity contribution in [2.45, 2.75) is 24.7 Å². The first-order valence-corrected chi connectivity index (χ1v) is 5.28. The minimum absolute atomic E-state index is 0.0271. The van der Waals surface area contributed by atoms with Crippen molar-refractivity contribution in [3.05, 3.63) is 29.1 Å². The van der Waals surface area contributed by atoms with E-state index >= 15 is 0 Å². The van der Waals surface area contributed by atoms with Gasteiger partial charge in [0.1, 0.15) is 5.69 Å². The molecule has 0 bridgehead atoms. The van der Waals surface area contributed by atoms with Gasteiger partial charge in [-0.05, 0) is 17.5 Å². The van der Waals surface area contributed by atoms with Crippen molar-refractivity contribution >= 4 is 11.8 Å². The summed E-state index contributed by atoms with van der Waals surface area (Å²) in [6, 6.07) is 1.31. The summed E-state index contributed by atoms with van der Waals surface area (Å²) in [6.07, 6.45) is 0.346. The van der Waals surface area contributed by atoms with Crippen molar-refractivity contribution in [3.63, 3.8) is 0 Å². The molecule has 5 nitrogen and oxygen atoms in total. The Kier molecular flexibility index (Phi) is 2.76. The van der Waals surface area contributed by atoms with Crippen molar-refractivity contribution in [3.8, 4) is 0 Å². The summed E-state index contributed by atoms with van der Waals surface area (Å²) in [5.74, 6) is -5.03. The van der Waals surface area contributed by atoms with Gasteiger partial charge in [-0.15, -0.1) is 0 Å². The fraction of sp³-hybridized carbons (Fsp3) is 0.364. The third-order valence-electron chi connectivity index (χ3n) is 2.99. The fourth-order valence-electron chi connectivity index (χ4n) is 2.16. The zero-order valence-corrected chi connectivity index (χ0v) is 9.32. The van der Waals surface area contributed by atoms with Crippen LogP contribution in [0.25, 0.3) is 0 Å². The van der Waals surface area contributed by atoms with Crippen molar-refractivity contribution in [2.75, 3.05) is 0 Å². The highest BCUT2D eigenvalue weighted by molar-refractivity contribution is 6.00. The molecular formula is C11H11F2N3O2. The van der Waals surface area contributed by atoms with Gasteiger partial charge in [-0.3, -0.25) is 14.6 Å². The van der Waals surface area contributed by atoms with Crippen LogP contribution in [0.3, 0.4) is 0 Å². The molecule has 0 aromatic carbocycles. The predicted molar refractivity (Wildman–Crippen MR) is 58.2 cm³/mol. The largest absolute Gasteiger partial charge is 0.366 e. The van der Waals surface area contributed by atoms with Gasteiger partial charge in [-0.25, -0.2) is 8.78 Å². The number of nitrogens with zero attached hydrogens (tertiary/aromatic N) is 1. The molecule has 1 fully saturated rings. The molecule has 7 heteroatoms. The molecule has 4 N–H and O–H groups in total. The lowest BCUT2D eigenvalue weighted by atomic mass is 9.74. The number of aromatic nitrogens is 1. The first kappa shape index (κ1) is 12.4. The topological polar surface area (TPSA) is 99.1 Å². The standard InChI is InChI=1S/C11H11F2N3O2/c12-11(13)3-5(4-11)7-6(9(14)17)1-2-16-8(7)10(15)18/h1-2,5H,3-4H2,(H2,14,17)(H2,15,18). The van der Waals surface area contributed by atoms with Gasteiger partial charge in [0.05, 0.1) is 0 Å². The van der Waals surface area contributed by atoms with Gasteiger partial charge in [0.15, 0.2) is 0 Å². The zero-order valence-electron chi connectivity index (χ0n) is 9.32. The fourth-order valence-corrected chi connectivity index (χ4v) is 2.16. The number of rotatable bonds is 3. The van der Waals surface area contributed by atoms with E-state index in [0.717, 1.165) is 0 Å². The second-order valence-corrected chi connectivity index (χ2v) is 4.31. The molecule has 2 amide bonds. The Morgan fingerprint density at radius 2 is 1.89 bits per heavy atom. The van der Waals surface area contributed by atoms with Gasteiger partial charge in [0.2, 0.25) is 11.8 Å². The number of primary amides is 2. The molecular weight excluding hydrogens is 244 g/mol. The summed E-state index contributed by atoms with van der Waals surface area (Å²) in [5.41, 5.74) is 10.3. The van der Waals surface area contributed by atoms with Gasteiger partial charge < -0.3 is 11.5 Å². The third kappa shape index (κ3) is 2.03. The molecule has 0 spiro atoms. The normalized spacial score (nSPS) is 18.1. The van der Waals surface area contributed by atoms with Gasteiger partial charge in [-0.1, -0.05) is 0 Å². The van der Waals surface area contributed by atoms with E-state index in [1.54, 1.807) is 0 Å². The van der Waals surface area contributed by atoms with Gasteiger partial charge in [-0.2, -0.15) is 0 Å². The van der Waals surface area contributed by atoms with Crippen LogP contribution < -0.4 is 11.5 Å². The smallest absolute Gasteiger partial charge is 0.267 e. The minimum Gasteiger partial charge on any atom is -0.366 e. The average molecular weight is 255 g/mol. The van der Waals surface area contributed by atoms with Crippen molar-refractivity contribution < 1.29 is 18.4 Å². The molecule has 1 saturated carbocycles. The second kappa shape index (κ2) is 4.01. The number of pyridine rings is 1. The van der Waals surface area contributed by atoms with E-state index in [4.69, 9.17) is 11.5 Å². The van der Waals surface area contributed by atoms with Crippen molar-refractivity contribution in [1.29, 1.82) is 0 Å². The van der Waals surface area contributed by atoms with E-state index in [2.05, 4.69) is 4.98 Å². The molecule has 1 aliphatic rings. The first-order valence-electron chi connectivity index (χ1n) is 5.28. The Bertz CT molecular complexity index is 491.